The largest absolute Gasteiger partial charge is 0.446 e. The fraction of sp³-hybridized carbons (Fsp3) is 0.0833. The second kappa shape index (κ2) is 7.53. The molecule has 0 amide bonds. The highest BCUT2D eigenvalue weighted by molar-refractivity contribution is 5.75. The lowest BCUT2D eigenvalue weighted by atomic mass is 9.90. The molecule has 0 aliphatic heterocycles. The van der Waals surface area contributed by atoms with Crippen LogP contribution in [0.25, 0.3) is 5.57 Å². The number of nitrogens with two attached hydrogens (primary N) is 2. The summed E-state index contributed by atoms with van der Waals surface area (Å²) in [6.07, 6.45) is 6.55. The lowest BCUT2D eigenvalue weighted by Crippen LogP contribution is -2.44. The summed E-state index contributed by atoms with van der Waals surface area (Å²) in [5.74, 6) is 0.0318. The van der Waals surface area contributed by atoms with Crippen LogP contribution in [0.4, 0.5) is 11.4 Å². The Morgan fingerprint density at radius 1 is 0.679 bits per heavy atom. The number of anilines is 2. The van der Waals surface area contributed by atoms with Gasteiger partial charge in [0.1, 0.15) is 11.5 Å². The van der Waals surface area contributed by atoms with E-state index in [0.717, 1.165) is 11.1 Å². The number of allylic oxidation sites excluding steroid dienone is 2. The van der Waals surface area contributed by atoms with Crippen LogP contribution in [0.3, 0.4) is 0 Å². The van der Waals surface area contributed by atoms with Crippen LogP contribution in [0.15, 0.2) is 97.1 Å². The molecule has 4 heteroatoms. The van der Waals surface area contributed by atoms with Crippen molar-refractivity contribution in [1.29, 1.82) is 0 Å². The molecule has 0 radical (unpaired) electrons. The van der Waals surface area contributed by atoms with E-state index in [4.69, 9.17) is 20.9 Å². The van der Waals surface area contributed by atoms with Crippen molar-refractivity contribution in [3.05, 3.63) is 103 Å². The molecular formula is C24H22N2O2. The van der Waals surface area contributed by atoms with Crippen LogP contribution in [0.1, 0.15) is 12.0 Å². The van der Waals surface area contributed by atoms with Gasteiger partial charge in [0, 0.05) is 12.0 Å². The minimum Gasteiger partial charge on any atom is -0.446 e. The van der Waals surface area contributed by atoms with Gasteiger partial charge in [0.05, 0.1) is 11.4 Å². The summed E-state index contributed by atoms with van der Waals surface area (Å²) < 4.78 is 13.0. The third-order valence-corrected chi connectivity index (χ3v) is 4.67. The van der Waals surface area contributed by atoms with E-state index >= 15 is 0 Å². The predicted octanol–water partition coefficient (Wildman–Crippen LogP) is 5.05. The molecule has 1 aliphatic rings. The molecule has 3 aromatic rings. The van der Waals surface area contributed by atoms with Gasteiger partial charge in [-0.05, 0) is 29.8 Å². The number of hydrogen-bond acceptors (Lipinski definition) is 4. The third-order valence-electron chi connectivity index (χ3n) is 4.67. The highest BCUT2D eigenvalue weighted by atomic mass is 16.7. The lowest BCUT2D eigenvalue weighted by molar-refractivity contribution is -0.0580. The Labute approximate surface area is 164 Å². The van der Waals surface area contributed by atoms with Crippen molar-refractivity contribution in [1.82, 2.24) is 0 Å². The molecule has 0 aromatic heterocycles. The molecule has 0 unspecified atom stereocenters. The van der Waals surface area contributed by atoms with Crippen LogP contribution in [-0.4, -0.2) is 5.79 Å². The van der Waals surface area contributed by atoms with E-state index in [2.05, 4.69) is 0 Å². The minimum atomic E-state index is -1.10. The van der Waals surface area contributed by atoms with E-state index < -0.39 is 5.79 Å². The topological polar surface area (TPSA) is 70.5 Å². The molecule has 28 heavy (non-hydrogen) atoms. The first-order valence-electron chi connectivity index (χ1n) is 9.18. The van der Waals surface area contributed by atoms with Gasteiger partial charge >= 0.3 is 0 Å². The number of nitrogen functional groups attached to an aromatic ring is 2. The van der Waals surface area contributed by atoms with Crippen LogP contribution >= 0.6 is 0 Å². The Morgan fingerprint density at radius 2 is 1.21 bits per heavy atom. The molecule has 0 fully saturated rings. The highest BCUT2D eigenvalue weighted by Crippen LogP contribution is 2.41. The van der Waals surface area contributed by atoms with Gasteiger partial charge in [-0.15, -0.1) is 0 Å². The molecule has 140 valence electrons. The summed E-state index contributed by atoms with van der Waals surface area (Å²) in [5.41, 5.74) is 15.3. The molecule has 0 saturated heterocycles. The van der Waals surface area contributed by atoms with Crippen molar-refractivity contribution < 1.29 is 9.47 Å². The van der Waals surface area contributed by atoms with Crippen molar-refractivity contribution in [2.75, 3.05) is 11.5 Å². The Balaban J connectivity index is 1.83. The molecule has 1 aliphatic carbocycles. The Hall–Kier alpha value is -3.66. The van der Waals surface area contributed by atoms with Gasteiger partial charge in [0.15, 0.2) is 0 Å². The zero-order valence-electron chi connectivity index (χ0n) is 15.4. The van der Waals surface area contributed by atoms with Gasteiger partial charge < -0.3 is 20.9 Å². The van der Waals surface area contributed by atoms with Crippen LogP contribution < -0.4 is 20.9 Å². The summed E-state index contributed by atoms with van der Waals surface area (Å²) >= 11 is 0. The SMILES string of the molecule is Nc1ccccc1OC1(Oc2ccccc2N)CC=CC=C1c1ccccc1. The van der Waals surface area contributed by atoms with Crippen LogP contribution in [-0.2, 0) is 0 Å². The number of benzene rings is 3. The minimum absolute atomic E-state index is 0.510. The Morgan fingerprint density at radius 3 is 1.79 bits per heavy atom. The molecular weight excluding hydrogens is 348 g/mol. The summed E-state index contributed by atoms with van der Waals surface area (Å²) in [6.45, 7) is 0. The second-order valence-corrected chi connectivity index (χ2v) is 6.61. The maximum atomic E-state index is 6.48. The number of para-hydroxylation sites is 4. The smallest absolute Gasteiger partial charge is 0.282 e. The van der Waals surface area contributed by atoms with Gasteiger partial charge in [-0.2, -0.15) is 0 Å². The summed E-state index contributed by atoms with van der Waals surface area (Å²) in [5, 5.41) is 0. The summed E-state index contributed by atoms with van der Waals surface area (Å²) in [7, 11) is 0. The van der Waals surface area contributed by atoms with Crippen molar-refractivity contribution in [3.8, 4) is 11.5 Å². The molecule has 0 spiro atoms. The van der Waals surface area contributed by atoms with Gasteiger partial charge in [0.25, 0.3) is 5.79 Å². The fourth-order valence-corrected chi connectivity index (χ4v) is 3.27. The van der Waals surface area contributed by atoms with Gasteiger partial charge in [-0.1, -0.05) is 72.8 Å². The summed E-state index contributed by atoms with van der Waals surface area (Å²) in [4.78, 5) is 0. The maximum Gasteiger partial charge on any atom is 0.282 e. The molecule has 4 N–H and O–H groups in total. The van der Waals surface area contributed by atoms with E-state index in [1.807, 2.05) is 97.1 Å². The molecule has 0 saturated carbocycles. The molecule has 4 rings (SSSR count). The predicted molar refractivity (Wildman–Crippen MR) is 114 cm³/mol. The summed E-state index contributed by atoms with van der Waals surface area (Å²) in [6, 6.07) is 24.9. The lowest BCUT2D eigenvalue weighted by Gasteiger charge is -2.38. The standard InChI is InChI=1S/C24H22N2O2/c25-20-13-4-6-15-22(20)27-24(28-23-16-7-5-14-21(23)26)17-9-8-12-19(24)18-10-2-1-3-11-18/h1-16H,17,25-26H2. The van der Waals surface area contributed by atoms with Crippen molar-refractivity contribution in [2.45, 2.75) is 12.2 Å². The van der Waals surface area contributed by atoms with Crippen LogP contribution in [0.5, 0.6) is 11.5 Å². The van der Waals surface area contributed by atoms with E-state index in [9.17, 15) is 0 Å². The average Bonchev–Trinajstić information content (AvgIpc) is 2.73. The Bertz CT molecular complexity index is 978. The molecule has 4 nitrogen and oxygen atoms in total. The van der Waals surface area contributed by atoms with Gasteiger partial charge in [-0.25, -0.2) is 0 Å². The zero-order chi connectivity index (χ0) is 19.4. The molecule has 0 heterocycles. The second-order valence-electron chi connectivity index (χ2n) is 6.61. The number of hydrogen-bond donors (Lipinski definition) is 2. The number of ether oxygens (including phenoxy) is 2. The van der Waals surface area contributed by atoms with Crippen LogP contribution in [0.2, 0.25) is 0 Å². The molecule has 3 aromatic carbocycles. The first-order chi connectivity index (χ1) is 13.7. The van der Waals surface area contributed by atoms with Gasteiger partial charge in [-0.3, -0.25) is 0 Å². The van der Waals surface area contributed by atoms with E-state index in [-0.39, 0.29) is 0 Å². The van der Waals surface area contributed by atoms with Crippen molar-refractivity contribution in [3.63, 3.8) is 0 Å². The van der Waals surface area contributed by atoms with E-state index in [1.54, 1.807) is 0 Å². The quantitative estimate of drug-likeness (QED) is 0.487. The first-order valence-corrected chi connectivity index (χ1v) is 9.18. The molecule has 0 bridgehead atoms. The van der Waals surface area contributed by atoms with Crippen molar-refractivity contribution in [2.24, 2.45) is 0 Å². The van der Waals surface area contributed by atoms with E-state index in [0.29, 0.717) is 29.3 Å². The highest BCUT2D eigenvalue weighted by Gasteiger charge is 2.41. The van der Waals surface area contributed by atoms with Gasteiger partial charge in [0.2, 0.25) is 0 Å². The number of rotatable bonds is 5. The monoisotopic (exact) mass is 370 g/mol. The van der Waals surface area contributed by atoms with Crippen LogP contribution in [0, 0.1) is 0 Å². The third kappa shape index (κ3) is 3.45. The average molecular weight is 370 g/mol. The Kier molecular flexibility index (Phi) is 4.77. The zero-order valence-corrected chi connectivity index (χ0v) is 15.4. The van der Waals surface area contributed by atoms with E-state index in [1.165, 1.54) is 0 Å². The first kappa shape index (κ1) is 17.7. The maximum absolute atomic E-state index is 6.48. The van der Waals surface area contributed by atoms with Crippen molar-refractivity contribution >= 4 is 16.9 Å². The molecule has 0 atom stereocenters. The fourth-order valence-electron chi connectivity index (χ4n) is 3.27. The normalized spacial score (nSPS) is 14.9.